The molecule has 2 amide bonds. The number of hydrogen-bond donors (Lipinski definition) is 2. The third-order valence-electron chi connectivity index (χ3n) is 5.02. The zero-order chi connectivity index (χ0) is 23.1. The summed E-state index contributed by atoms with van der Waals surface area (Å²) in [7, 11) is 0. The molecule has 0 radical (unpaired) electrons. The first-order valence-corrected chi connectivity index (χ1v) is 10.3. The number of hydrogen-bond acceptors (Lipinski definition) is 7. The van der Waals surface area contributed by atoms with Crippen LogP contribution in [0.1, 0.15) is 35.0 Å². The van der Waals surface area contributed by atoms with Crippen molar-refractivity contribution in [2.75, 3.05) is 10.6 Å². The molecule has 1 fully saturated rings. The average Bonchev–Trinajstić information content (AvgIpc) is 3.46. The summed E-state index contributed by atoms with van der Waals surface area (Å²) >= 11 is 0. The van der Waals surface area contributed by atoms with Crippen molar-refractivity contribution in [1.82, 2.24) is 19.6 Å². The lowest BCUT2D eigenvalue weighted by Crippen LogP contribution is -2.14. The molecule has 1 aromatic carbocycles. The molecule has 4 aromatic rings. The largest absolute Gasteiger partial charge is 0.445 e. The average molecular weight is 450 g/mol. The molecule has 0 bridgehead atoms. The Morgan fingerprint density at radius 3 is 2.70 bits per heavy atom. The summed E-state index contributed by atoms with van der Waals surface area (Å²) in [5.41, 5.74) is 0.528. The minimum atomic E-state index is -0.636. The number of oxazole rings is 1. The van der Waals surface area contributed by atoms with Crippen LogP contribution < -0.4 is 15.4 Å². The number of rotatable bonds is 6. The molecule has 0 spiro atoms. The zero-order valence-electron chi connectivity index (χ0n) is 17.8. The van der Waals surface area contributed by atoms with Crippen LogP contribution in [-0.4, -0.2) is 31.4 Å². The Kier molecular flexibility index (Phi) is 5.00. The van der Waals surface area contributed by atoms with Gasteiger partial charge in [0.1, 0.15) is 17.3 Å². The van der Waals surface area contributed by atoms with Gasteiger partial charge in [0.15, 0.2) is 23.0 Å². The van der Waals surface area contributed by atoms with Gasteiger partial charge in [0, 0.05) is 25.0 Å². The van der Waals surface area contributed by atoms with E-state index >= 15 is 0 Å². The maximum Gasteiger partial charge on any atom is 0.277 e. The Morgan fingerprint density at radius 1 is 1.15 bits per heavy atom. The maximum atomic E-state index is 14.3. The van der Waals surface area contributed by atoms with Gasteiger partial charge in [-0.2, -0.15) is 0 Å². The lowest BCUT2D eigenvalue weighted by atomic mass is 10.2. The first-order valence-electron chi connectivity index (χ1n) is 10.3. The van der Waals surface area contributed by atoms with Crippen LogP contribution in [0.4, 0.5) is 15.9 Å². The number of nitrogens with zero attached hydrogens (tertiary/aromatic N) is 4. The number of fused-ring (bicyclic) bond motifs is 1. The van der Waals surface area contributed by atoms with E-state index in [4.69, 9.17) is 9.15 Å². The minimum Gasteiger partial charge on any atom is -0.445 e. The number of imidazole rings is 1. The molecule has 11 heteroatoms. The van der Waals surface area contributed by atoms with Crippen molar-refractivity contribution in [1.29, 1.82) is 0 Å². The predicted octanol–water partition coefficient (Wildman–Crippen LogP) is 3.87. The second-order valence-corrected chi connectivity index (χ2v) is 7.70. The third kappa shape index (κ3) is 4.38. The van der Waals surface area contributed by atoms with Crippen LogP contribution in [0.25, 0.3) is 5.65 Å². The van der Waals surface area contributed by atoms with E-state index in [-0.39, 0.29) is 34.8 Å². The van der Waals surface area contributed by atoms with E-state index in [1.807, 2.05) is 0 Å². The molecular weight excluding hydrogens is 431 g/mol. The summed E-state index contributed by atoms with van der Waals surface area (Å²) in [6.45, 7) is 3.22. The normalized spacial score (nSPS) is 13.2. The fourth-order valence-electron chi connectivity index (χ4n) is 3.26. The van der Waals surface area contributed by atoms with Crippen LogP contribution in [0, 0.1) is 25.6 Å². The van der Waals surface area contributed by atoms with Crippen LogP contribution in [0.5, 0.6) is 11.6 Å². The molecule has 0 unspecified atom stereocenters. The summed E-state index contributed by atoms with van der Waals surface area (Å²) in [5, 5.41) is 9.56. The van der Waals surface area contributed by atoms with E-state index in [0.717, 1.165) is 12.8 Å². The summed E-state index contributed by atoms with van der Waals surface area (Å²) in [4.78, 5) is 32.7. The van der Waals surface area contributed by atoms with Crippen molar-refractivity contribution in [3.8, 4) is 11.6 Å². The molecule has 2 N–H and O–H groups in total. The molecule has 0 aliphatic heterocycles. The molecule has 5 rings (SSSR count). The number of amides is 2. The van der Waals surface area contributed by atoms with Gasteiger partial charge < -0.3 is 19.8 Å². The molecule has 3 heterocycles. The van der Waals surface area contributed by atoms with Crippen molar-refractivity contribution in [3.63, 3.8) is 0 Å². The fraction of sp³-hybridized carbons (Fsp3) is 0.227. The van der Waals surface area contributed by atoms with Gasteiger partial charge in [0.2, 0.25) is 11.8 Å². The molecule has 1 saturated carbocycles. The van der Waals surface area contributed by atoms with Crippen LogP contribution in [0.15, 0.2) is 40.9 Å². The van der Waals surface area contributed by atoms with Crippen LogP contribution in [0.2, 0.25) is 0 Å². The second-order valence-electron chi connectivity index (χ2n) is 7.70. The highest BCUT2D eigenvalue weighted by Crippen LogP contribution is 2.30. The topological polar surface area (TPSA) is 124 Å². The number of carbonyl (C=O) groups excluding carboxylic acids is 2. The first-order chi connectivity index (χ1) is 15.9. The summed E-state index contributed by atoms with van der Waals surface area (Å²) < 4.78 is 26.7. The van der Waals surface area contributed by atoms with Gasteiger partial charge in [-0.15, -0.1) is 5.10 Å². The van der Waals surface area contributed by atoms with E-state index in [1.54, 1.807) is 32.2 Å². The monoisotopic (exact) mass is 450 g/mol. The highest BCUT2D eigenvalue weighted by atomic mass is 19.1. The molecule has 1 aliphatic rings. The van der Waals surface area contributed by atoms with Crippen molar-refractivity contribution < 1.29 is 23.1 Å². The summed E-state index contributed by atoms with van der Waals surface area (Å²) in [5.74, 6) is 0.331. The first kappa shape index (κ1) is 20.6. The van der Waals surface area contributed by atoms with Crippen LogP contribution >= 0.6 is 0 Å². The number of aromatic nitrogens is 4. The summed E-state index contributed by atoms with van der Waals surface area (Å²) in [6, 6.07) is 7.20. The number of carbonyl (C=O) groups is 2. The van der Waals surface area contributed by atoms with Gasteiger partial charge in [-0.1, -0.05) is 0 Å². The van der Waals surface area contributed by atoms with E-state index in [0.29, 0.717) is 23.1 Å². The van der Waals surface area contributed by atoms with Gasteiger partial charge in [-0.05, 0) is 38.0 Å². The lowest BCUT2D eigenvalue weighted by molar-refractivity contribution is -0.117. The molecular formula is C22H19FN6O4. The SMILES string of the molecule is Cc1nc(C(=O)Nc2cc(Oc3ccc4nc(NC(=O)C5CC5)cn4n3)ccc2F)c(C)o1. The second kappa shape index (κ2) is 8.01. The Bertz CT molecular complexity index is 1390. The van der Waals surface area contributed by atoms with Gasteiger partial charge in [0.25, 0.3) is 5.91 Å². The Labute approximate surface area is 186 Å². The van der Waals surface area contributed by atoms with Crippen molar-refractivity contribution in [3.05, 3.63) is 59.7 Å². The number of ether oxygens (including phenoxy) is 1. The molecule has 0 saturated heterocycles. The van der Waals surface area contributed by atoms with E-state index < -0.39 is 11.7 Å². The highest BCUT2D eigenvalue weighted by molar-refractivity contribution is 6.03. The molecule has 33 heavy (non-hydrogen) atoms. The molecule has 0 atom stereocenters. The maximum absolute atomic E-state index is 14.3. The number of aryl methyl sites for hydroxylation is 2. The predicted molar refractivity (Wildman–Crippen MR) is 115 cm³/mol. The Balaban J connectivity index is 1.32. The Morgan fingerprint density at radius 2 is 1.97 bits per heavy atom. The Hall–Kier alpha value is -4.28. The molecule has 10 nitrogen and oxygen atoms in total. The summed E-state index contributed by atoms with van der Waals surface area (Å²) in [6.07, 6.45) is 3.38. The molecule has 1 aliphatic carbocycles. The standard InChI is InChI=1S/C22H19FN6O4/c1-11-20(24-12(2)32-11)22(31)25-16-9-14(5-6-15(16)23)33-19-8-7-18-26-17(10-29(18)28-19)27-21(30)13-3-4-13/h5-10,13H,3-4H2,1-2H3,(H,25,31)(H,27,30). The van der Waals surface area contributed by atoms with Crippen molar-refractivity contribution in [2.24, 2.45) is 5.92 Å². The lowest BCUT2D eigenvalue weighted by Gasteiger charge is -2.09. The van der Waals surface area contributed by atoms with Gasteiger partial charge in [0.05, 0.1) is 11.9 Å². The van der Waals surface area contributed by atoms with E-state index in [1.165, 1.54) is 22.7 Å². The third-order valence-corrected chi connectivity index (χ3v) is 5.02. The number of benzene rings is 1. The minimum absolute atomic E-state index is 0.0493. The number of anilines is 2. The number of nitrogens with one attached hydrogen (secondary N) is 2. The van der Waals surface area contributed by atoms with E-state index in [2.05, 4.69) is 25.7 Å². The molecule has 168 valence electrons. The number of halogens is 1. The van der Waals surface area contributed by atoms with Gasteiger partial charge in [-0.3, -0.25) is 9.59 Å². The van der Waals surface area contributed by atoms with Crippen LogP contribution in [0.3, 0.4) is 0 Å². The highest BCUT2D eigenvalue weighted by Gasteiger charge is 2.30. The van der Waals surface area contributed by atoms with E-state index in [9.17, 15) is 14.0 Å². The van der Waals surface area contributed by atoms with Gasteiger partial charge >= 0.3 is 0 Å². The molecule has 3 aromatic heterocycles. The quantitative estimate of drug-likeness (QED) is 0.457. The van der Waals surface area contributed by atoms with Crippen LogP contribution in [-0.2, 0) is 4.79 Å². The van der Waals surface area contributed by atoms with Gasteiger partial charge in [-0.25, -0.2) is 18.9 Å². The zero-order valence-corrected chi connectivity index (χ0v) is 17.8. The fourth-order valence-corrected chi connectivity index (χ4v) is 3.26. The van der Waals surface area contributed by atoms with Crippen molar-refractivity contribution in [2.45, 2.75) is 26.7 Å². The smallest absolute Gasteiger partial charge is 0.277 e. The van der Waals surface area contributed by atoms with Crippen molar-refractivity contribution >= 4 is 29.0 Å².